The van der Waals surface area contributed by atoms with Crippen molar-refractivity contribution in [3.05, 3.63) is 24.1 Å². The van der Waals surface area contributed by atoms with Gasteiger partial charge >= 0.3 is 0 Å². The van der Waals surface area contributed by atoms with Gasteiger partial charge in [-0.3, -0.25) is 0 Å². The summed E-state index contributed by atoms with van der Waals surface area (Å²) in [5.41, 5.74) is 6.88. The zero-order valence-electron chi connectivity index (χ0n) is 9.21. The maximum absolute atomic E-state index is 5.94. The fraction of sp³-hybridized carbons (Fsp3) is 0.444. The summed E-state index contributed by atoms with van der Waals surface area (Å²) >= 11 is 0. The summed E-state index contributed by atoms with van der Waals surface area (Å²) in [5, 5.41) is 3.80. The topological polar surface area (TPSA) is 96.9 Å². The molecule has 0 aromatic carbocycles. The molecule has 3 N–H and O–H groups in total. The van der Waals surface area contributed by atoms with Gasteiger partial charge in [0.05, 0.1) is 12.4 Å². The number of hydrogen-bond acceptors (Lipinski definition) is 6. The van der Waals surface area contributed by atoms with Crippen molar-refractivity contribution in [2.75, 3.05) is 19.0 Å². The SMILES string of the molecule is CN(C)c1noc(C(N)Cc2cnc[nH]2)n1. The van der Waals surface area contributed by atoms with Gasteiger partial charge in [-0.2, -0.15) is 4.98 Å². The van der Waals surface area contributed by atoms with Crippen LogP contribution in [0, 0.1) is 0 Å². The zero-order chi connectivity index (χ0) is 11.5. The van der Waals surface area contributed by atoms with Crippen LogP contribution in [-0.2, 0) is 6.42 Å². The van der Waals surface area contributed by atoms with Crippen LogP contribution in [0.3, 0.4) is 0 Å². The second-order valence-electron chi connectivity index (χ2n) is 3.71. The lowest BCUT2D eigenvalue weighted by atomic mass is 10.2. The van der Waals surface area contributed by atoms with Gasteiger partial charge in [0.15, 0.2) is 0 Å². The Hall–Kier alpha value is -1.89. The largest absolute Gasteiger partial charge is 0.348 e. The number of anilines is 1. The molecule has 2 heterocycles. The van der Waals surface area contributed by atoms with E-state index in [0.29, 0.717) is 18.3 Å². The molecule has 0 saturated carbocycles. The third-order valence-electron chi connectivity index (χ3n) is 2.14. The molecule has 7 heteroatoms. The standard InChI is InChI=1S/C9H14N6O/c1-15(2)9-13-8(16-14-9)7(10)3-6-4-11-5-12-6/h4-5,7H,3,10H2,1-2H3,(H,11,12). The first-order valence-electron chi connectivity index (χ1n) is 4.90. The van der Waals surface area contributed by atoms with Crippen LogP contribution in [0.1, 0.15) is 17.6 Å². The minimum atomic E-state index is -0.318. The molecular weight excluding hydrogens is 208 g/mol. The molecule has 16 heavy (non-hydrogen) atoms. The van der Waals surface area contributed by atoms with Gasteiger partial charge in [-0.05, 0) is 5.16 Å². The lowest BCUT2D eigenvalue weighted by molar-refractivity contribution is 0.353. The molecule has 86 valence electrons. The number of nitrogens with zero attached hydrogens (tertiary/aromatic N) is 4. The van der Waals surface area contributed by atoms with E-state index in [1.807, 2.05) is 14.1 Å². The minimum Gasteiger partial charge on any atom is -0.348 e. The van der Waals surface area contributed by atoms with Gasteiger partial charge in [0, 0.05) is 32.4 Å². The van der Waals surface area contributed by atoms with Gasteiger partial charge in [0.25, 0.3) is 5.95 Å². The second kappa shape index (κ2) is 4.31. The lowest BCUT2D eigenvalue weighted by Gasteiger charge is -2.04. The maximum atomic E-state index is 5.94. The van der Waals surface area contributed by atoms with E-state index in [1.165, 1.54) is 0 Å². The Labute approximate surface area is 92.7 Å². The maximum Gasteiger partial charge on any atom is 0.265 e. The predicted molar refractivity (Wildman–Crippen MR) is 57.8 cm³/mol. The molecule has 0 spiro atoms. The molecule has 1 atom stereocenters. The molecule has 0 amide bonds. The van der Waals surface area contributed by atoms with Crippen molar-refractivity contribution in [1.29, 1.82) is 0 Å². The summed E-state index contributed by atoms with van der Waals surface area (Å²) in [5.74, 6) is 0.952. The van der Waals surface area contributed by atoms with Crippen molar-refractivity contribution in [2.45, 2.75) is 12.5 Å². The number of H-pyrrole nitrogens is 1. The van der Waals surface area contributed by atoms with Crippen LogP contribution in [0.2, 0.25) is 0 Å². The number of imidazole rings is 1. The summed E-state index contributed by atoms with van der Waals surface area (Å²) in [6, 6.07) is -0.318. The molecule has 0 fully saturated rings. The minimum absolute atomic E-state index is 0.318. The van der Waals surface area contributed by atoms with Crippen molar-refractivity contribution >= 4 is 5.95 Å². The van der Waals surface area contributed by atoms with Crippen molar-refractivity contribution in [2.24, 2.45) is 5.73 Å². The predicted octanol–water partition coefficient (Wildman–Crippen LogP) is 0.101. The summed E-state index contributed by atoms with van der Waals surface area (Å²) < 4.78 is 5.07. The highest BCUT2D eigenvalue weighted by atomic mass is 16.5. The summed E-state index contributed by atoms with van der Waals surface area (Å²) in [6.45, 7) is 0. The monoisotopic (exact) mass is 222 g/mol. The number of nitrogens with two attached hydrogens (primary N) is 1. The molecule has 2 aromatic rings. The van der Waals surface area contributed by atoms with E-state index in [9.17, 15) is 0 Å². The van der Waals surface area contributed by atoms with Crippen LogP contribution in [0.15, 0.2) is 17.0 Å². The van der Waals surface area contributed by atoms with Crippen LogP contribution in [0.25, 0.3) is 0 Å². The Balaban J connectivity index is 2.06. The highest BCUT2D eigenvalue weighted by Gasteiger charge is 2.16. The first kappa shape index (κ1) is 10.6. The molecule has 0 aliphatic carbocycles. The lowest BCUT2D eigenvalue weighted by Crippen LogP contribution is -2.15. The Bertz CT molecular complexity index is 435. The summed E-state index contributed by atoms with van der Waals surface area (Å²) in [4.78, 5) is 12.8. The number of rotatable bonds is 4. The summed E-state index contributed by atoms with van der Waals surface area (Å²) in [6.07, 6.45) is 3.93. The van der Waals surface area contributed by atoms with E-state index in [0.717, 1.165) is 5.69 Å². The number of nitrogens with one attached hydrogen (secondary N) is 1. The molecule has 2 aromatic heterocycles. The highest BCUT2D eigenvalue weighted by Crippen LogP contribution is 2.15. The first-order valence-corrected chi connectivity index (χ1v) is 4.90. The Morgan fingerprint density at radius 3 is 2.94 bits per heavy atom. The van der Waals surface area contributed by atoms with E-state index in [1.54, 1.807) is 17.4 Å². The van der Waals surface area contributed by atoms with Crippen LogP contribution < -0.4 is 10.6 Å². The normalized spacial score (nSPS) is 12.7. The average molecular weight is 222 g/mol. The van der Waals surface area contributed by atoms with E-state index in [4.69, 9.17) is 10.3 Å². The van der Waals surface area contributed by atoms with Crippen molar-refractivity contribution < 1.29 is 4.52 Å². The van der Waals surface area contributed by atoms with Gasteiger partial charge in [-0.15, -0.1) is 0 Å². The van der Waals surface area contributed by atoms with E-state index >= 15 is 0 Å². The van der Waals surface area contributed by atoms with Crippen LogP contribution in [0.5, 0.6) is 0 Å². The molecule has 1 unspecified atom stereocenters. The highest BCUT2D eigenvalue weighted by molar-refractivity contribution is 5.24. The number of aromatic amines is 1. The van der Waals surface area contributed by atoms with Crippen LogP contribution in [0.4, 0.5) is 5.95 Å². The Morgan fingerprint density at radius 2 is 2.38 bits per heavy atom. The van der Waals surface area contributed by atoms with Crippen LogP contribution in [-0.4, -0.2) is 34.2 Å². The fourth-order valence-corrected chi connectivity index (χ4v) is 1.28. The van der Waals surface area contributed by atoms with Gasteiger partial charge in [-0.1, -0.05) is 0 Å². The number of hydrogen-bond donors (Lipinski definition) is 2. The van der Waals surface area contributed by atoms with Crippen molar-refractivity contribution in [3.8, 4) is 0 Å². The summed E-state index contributed by atoms with van der Waals surface area (Å²) in [7, 11) is 3.68. The van der Waals surface area contributed by atoms with Crippen LogP contribution >= 0.6 is 0 Å². The molecule has 0 aliphatic rings. The molecule has 0 saturated heterocycles. The smallest absolute Gasteiger partial charge is 0.265 e. The van der Waals surface area contributed by atoms with E-state index < -0.39 is 0 Å². The first-order chi connectivity index (χ1) is 7.66. The third kappa shape index (κ3) is 2.19. The van der Waals surface area contributed by atoms with Crippen molar-refractivity contribution in [3.63, 3.8) is 0 Å². The van der Waals surface area contributed by atoms with E-state index in [-0.39, 0.29) is 6.04 Å². The molecule has 0 radical (unpaired) electrons. The van der Waals surface area contributed by atoms with Gasteiger partial charge in [0.1, 0.15) is 0 Å². The van der Waals surface area contributed by atoms with Gasteiger partial charge in [0.2, 0.25) is 5.89 Å². The van der Waals surface area contributed by atoms with E-state index in [2.05, 4.69) is 20.1 Å². The van der Waals surface area contributed by atoms with Crippen molar-refractivity contribution in [1.82, 2.24) is 20.1 Å². The fourth-order valence-electron chi connectivity index (χ4n) is 1.28. The third-order valence-corrected chi connectivity index (χ3v) is 2.14. The Kier molecular flexibility index (Phi) is 2.86. The number of aromatic nitrogens is 4. The molecule has 7 nitrogen and oxygen atoms in total. The van der Waals surface area contributed by atoms with Gasteiger partial charge in [-0.25, -0.2) is 4.98 Å². The second-order valence-corrected chi connectivity index (χ2v) is 3.71. The molecule has 2 rings (SSSR count). The molecular formula is C9H14N6O. The quantitative estimate of drug-likeness (QED) is 0.761. The van der Waals surface area contributed by atoms with Gasteiger partial charge < -0.3 is 20.1 Å². The zero-order valence-corrected chi connectivity index (χ0v) is 9.21. The average Bonchev–Trinajstić information content (AvgIpc) is 2.86. The Morgan fingerprint density at radius 1 is 1.56 bits per heavy atom. The molecule has 0 aliphatic heterocycles. The molecule has 0 bridgehead atoms.